The molecule has 0 amide bonds. The van der Waals surface area contributed by atoms with Crippen LogP contribution in [-0.4, -0.2) is 19.7 Å². The van der Waals surface area contributed by atoms with Crippen LogP contribution in [0.5, 0.6) is 0 Å². The minimum Gasteiger partial charge on any atom is -0.243 e. The van der Waals surface area contributed by atoms with Crippen molar-refractivity contribution in [3.05, 3.63) is 47.2 Å². The average Bonchev–Trinajstić information content (AvgIpc) is 2.37. The van der Waals surface area contributed by atoms with Crippen molar-refractivity contribution in [2.45, 2.75) is 11.1 Å². The largest absolute Gasteiger partial charge is 0.417 e. The van der Waals surface area contributed by atoms with E-state index < -0.39 is 21.6 Å². The lowest BCUT2D eigenvalue weighted by Crippen LogP contribution is -2.06. The van der Waals surface area contributed by atoms with E-state index >= 15 is 0 Å². The summed E-state index contributed by atoms with van der Waals surface area (Å²) in [4.78, 5) is 3.59. The summed E-state index contributed by atoms with van der Waals surface area (Å²) >= 11 is 5.81. The molecule has 21 heavy (non-hydrogen) atoms. The van der Waals surface area contributed by atoms with Gasteiger partial charge in [-0.1, -0.05) is 23.7 Å². The molecule has 0 radical (unpaired) electrons. The summed E-state index contributed by atoms with van der Waals surface area (Å²) in [6, 6.07) is 6.27. The lowest BCUT2D eigenvalue weighted by molar-refractivity contribution is -0.137. The van der Waals surface area contributed by atoms with Crippen molar-refractivity contribution in [3.8, 4) is 11.1 Å². The lowest BCUT2D eigenvalue weighted by atomic mass is 10.1. The number of nitrogens with zero attached hydrogens (tertiary/aromatic N) is 1. The quantitative estimate of drug-likeness (QED) is 0.784. The Balaban J connectivity index is 2.52. The van der Waals surface area contributed by atoms with Gasteiger partial charge in [-0.3, -0.25) is 0 Å². The molecule has 2 rings (SSSR count). The number of hydrogen-bond donors (Lipinski definition) is 0. The highest BCUT2D eigenvalue weighted by Gasteiger charge is 2.31. The van der Waals surface area contributed by atoms with E-state index in [9.17, 15) is 21.6 Å². The number of aromatic nitrogens is 1. The van der Waals surface area contributed by atoms with Crippen LogP contribution in [0.25, 0.3) is 11.1 Å². The molecule has 3 nitrogen and oxygen atoms in total. The Labute approximate surface area is 124 Å². The molecule has 0 N–H and O–H groups in total. The van der Waals surface area contributed by atoms with Gasteiger partial charge in [-0.05, 0) is 23.8 Å². The average molecular weight is 336 g/mol. The molecule has 1 heterocycles. The van der Waals surface area contributed by atoms with Crippen LogP contribution in [0.4, 0.5) is 13.2 Å². The van der Waals surface area contributed by atoms with E-state index in [1.165, 1.54) is 24.3 Å². The molecule has 1 aromatic heterocycles. The highest BCUT2D eigenvalue weighted by atomic mass is 35.5. The van der Waals surface area contributed by atoms with Crippen LogP contribution in [0, 0.1) is 0 Å². The first-order valence-electron chi connectivity index (χ1n) is 5.62. The minimum absolute atomic E-state index is 0.0716. The zero-order valence-corrected chi connectivity index (χ0v) is 12.2. The van der Waals surface area contributed by atoms with Gasteiger partial charge in [0.05, 0.1) is 10.5 Å². The zero-order chi connectivity index (χ0) is 15.8. The first-order chi connectivity index (χ1) is 9.59. The summed E-state index contributed by atoms with van der Waals surface area (Å²) in [6.45, 7) is 0. The summed E-state index contributed by atoms with van der Waals surface area (Å²) in [5.74, 6) is 0. The molecule has 0 aliphatic carbocycles. The maximum absolute atomic E-state index is 12.7. The van der Waals surface area contributed by atoms with Crippen LogP contribution in [0.3, 0.4) is 0 Å². The first kappa shape index (κ1) is 15.8. The Morgan fingerprint density at radius 1 is 1.14 bits per heavy atom. The number of sulfone groups is 1. The fourth-order valence-electron chi connectivity index (χ4n) is 1.69. The SMILES string of the molecule is CS(=O)(=O)c1ccc(-c2cc(C(F)(F)F)cnc2Cl)cc1. The summed E-state index contributed by atoms with van der Waals surface area (Å²) < 4.78 is 60.7. The molecule has 0 bridgehead atoms. The van der Waals surface area contributed by atoms with Crippen molar-refractivity contribution >= 4 is 21.4 Å². The molecule has 0 unspecified atom stereocenters. The highest BCUT2D eigenvalue weighted by Crippen LogP contribution is 2.34. The second-order valence-electron chi connectivity index (χ2n) is 4.36. The number of hydrogen-bond acceptors (Lipinski definition) is 3. The highest BCUT2D eigenvalue weighted by molar-refractivity contribution is 7.90. The monoisotopic (exact) mass is 335 g/mol. The number of halogens is 4. The van der Waals surface area contributed by atoms with Crippen LogP contribution in [0.15, 0.2) is 41.4 Å². The van der Waals surface area contributed by atoms with E-state index in [4.69, 9.17) is 11.6 Å². The molecule has 2 aromatic rings. The van der Waals surface area contributed by atoms with Crippen molar-refractivity contribution < 1.29 is 21.6 Å². The number of pyridine rings is 1. The Kier molecular flexibility index (Phi) is 3.99. The van der Waals surface area contributed by atoms with Gasteiger partial charge in [0, 0.05) is 18.0 Å². The van der Waals surface area contributed by atoms with Crippen molar-refractivity contribution in [3.63, 3.8) is 0 Å². The maximum Gasteiger partial charge on any atom is 0.417 e. The number of rotatable bonds is 2. The van der Waals surface area contributed by atoms with E-state index in [2.05, 4.69) is 4.98 Å². The first-order valence-corrected chi connectivity index (χ1v) is 7.89. The van der Waals surface area contributed by atoms with Gasteiger partial charge in [0.1, 0.15) is 5.15 Å². The topological polar surface area (TPSA) is 47.0 Å². The molecule has 0 spiro atoms. The van der Waals surface area contributed by atoms with Crippen LogP contribution < -0.4 is 0 Å². The third-order valence-corrected chi connectivity index (χ3v) is 4.19. The van der Waals surface area contributed by atoms with Gasteiger partial charge in [0.2, 0.25) is 0 Å². The normalized spacial score (nSPS) is 12.4. The molecule has 0 aliphatic heterocycles. The Morgan fingerprint density at radius 2 is 1.71 bits per heavy atom. The van der Waals surface area contributed by atoms with E-state index in [0.29, 0.717) is 11.8 Å². The van der Waals surface area contributed by atoms with E-state index in [-0.39, 0.29) is 15.6 Å². The van der Waals surface area contributed by atoms with Gasteiger partial charge in [0.25, 0.3) is 0 Å². The standard InChI is InChI=1S/C13H9ClF3NO2S/c1-21(19,20)10-4-2-8(3-5-10)11-6-9(13(15,16)17)7-18-12(11)14/h2-7H,1H3. The molecular weight excluding hydrogens is 327 g/mol. The third kappa shape index (κ3) is 3.54. The molecule has 0 saturated heterocycles. The Bertz CT molecular complexity index is 771. The van der Waals surface area contributed by atoms with Crippen LogP contribution in [-0.2, 0) is 16.0 Å². The smallest absolute Gasteiger partial charge is 0.243 e. The molecule has 0 fully saturated rings. The van der Waals surface area contributed by atoms with Gasteiger partial charge in [-0.25, -0.2) is 13.4 Å². The summed E-state index contributed by atoms with van der Waals surface area (Å²) in [6.07, 6.45) is -2.84. The van der Waals surface area contributed by atoms with Crippen LogP contribution in [0.1, 0.15) is 5.56 Å². The van der Waals surface area contributed by atoms with Crippen molar-refractivity contribution in [2.75, 3.05) is 6.26 Å². The second kappa shape index (κ2) is 5.31. The van der Waals surface area contributed by atoms with Crippen LogP contribution >= 0.6 is 11.6 Å². The predicted molar refractivity (Wildman–Crippen MR) is 72.8 cm³/mol. The third-order valence-electron chi connectivity index (χ3n) is 2.76. The zero-order valence-electron chi connectivity index (χ0n) is 10.6. The molecular formula is C13H9ClF3NO2S. The summed E-state index contributed by atoms with van der Waals surface area (Å²) in [7, 11) is -3.37. The van der Waals surface area contributed by atoms with E-state index in [1.54, 1.807) is 0 Å². The fraction of sp³-hybridized carbons (Fsp3) is 0.154. The molecule has 1 aromatic carbocycles. The molecule has 0 aliphatic rings. The van der Waals surface area contributed by atoms with Gasteiger partial charge in [-0.15, -0.1) is 0 Å². The van der Waals surface area contributed by atoms with Gasteiger partial charge in [0.15, 0.2) is 9.84 Å². The second-order valence-corrected chi connectivity index (χ2v) is 6.73. The van der Waals surface area contributed by atoms with Crippen molar-refractivity contribution in [1.29, 1.82) is 0 Å². The van der Waals surface area contributed by atoms with Crippen molar-refractivity contribution in [1.82, 2.24) is 4.98 Å². The number of benzene rings is 1. The summed E-state index contributed by atoms with van der Waals surface area (Å²) in [5, 5.41) is -0.0879. The summed E-state index contributed by atoms with van der Waals surface area (Å²) in [5.41, 5.74) is -0.480. The molecule has 0 atom stereocenters. The van der Waals surface area contributed by atoms with E-state index in [0.717, 1.165) is 12.3 Å². The molecule has 8 heteroatoms. The van der Waals surface area contributed by atoms with Gasteiger partial charge < -0.3 is 0 Å². The molecule has 112 valence electrons. The van der Waals surface area contributed by atoms with Gasteiger partial charge in [-0.2, -0.15) is 13.2 Å². The Morgan fingerprint density at radius 3 is 2.19 bits per heavy atom. The predicted octanol–water partition coefficient (Wildman–Crippen LogP) is 3.82. The number of alkyl halides is 3. The van der Waals surface area contributed by atoms with Gasteiger partial charge >= 0.3 is 6.18 Å². The lowest BCUT2D eigenvalue weighted by Gasteiger charge is -2.10. The Hall–Kier alpha value is -1.60. The maximum atomic E-state index is 12.7. The minimum atomic E-state index is -4.53. The molecule has 0 saturated carbocycles. The van der Waals surface area contributed by atoms with Crippen molar-refractivity contribution in [2.24, 2.45) is 0 Å². The van der Waals surface area contributed by atoms with E-state index in [1.807, 2.05) is 0 Å². The fourth-order valence-corrected chi connectivity index (χ4v) is 2.53. The van der Waals surface area contributed by atoms with Crippen LogP contribution in [0.2, 0.25) is 5.15 Å².